The highest BCUT2D eigenvalue weighted by Gasteiger charge is 2.34. The fourth-order valence-electron chi connectivity index (χ4n) is 2.86. The number of morpholine rings is 2. The summed E-state index contributed by atoms with van der Waals surface area (Å²) in [4.78, 5) is 14.5. The van der Waals surface area contributed by atoms with Crippen LogP contribution in [0.25, 0.3) is 0 Å². The predicted molar refractivity (Wildman–Crippen MR) is 75.7 cm³/mol. The molecule has 0 radical (unpaired) electrons. The number of aryl methyl sites for hydroxylation is 1. The highest BCUT2D eigenvalue weighted by atomic mass is 16.5. The van der Waals surface area contributed by atoms with E-state index >= 15 is 0 Å². The molecule has 1 unspecified atom stereocenters. The van der Waals surface area contributed by atoms with Crippen LogP contribution >= 0.6 is 0 Å². The minimum atomic E-state index is -0.258. The van der Waals surface area contributed by atoms with E-state index in [0.29, 0.717) is 26.3 Å². The zero-order valence-electron chi connectivity index (χ0n) is 12.5. The Bertz CT molecular complexity index is 504. The quantitative estimate of drug-likeness (QED) is 0.811. The van der Waals surface area contributed by atoms with Gasteiger partial charge in [-0.1, -0.05) is 0 Å². The second kappa shape index (κ2) is 6.13. The number of amides is 1. The molecular weight excluding hydrogens is 272 g/mol. The Morgan fingerprint density at radius 3 is 3.00 bits per heavy atom. The van der Waals surface area contributed by atoms with E-state index in [4.69, 9.17) is 9.47 Å². The number of hydrogen-bond acceptors (Lipinski definition) is 5. The minimum Gasteiger partial charge on any atom is -0.375 e. The summed E-state index contributed by atoms with van der Waals surface area (Å²) in [5.41, 5.74) is 1.01. The van der Waals surface area contributed by atoms with Crippen LogP contribution in [0.15, 0.2) is 12.4 Å². The van der Waals surface area contributed by atoms with Gasteiger partial charge in [0.1, 0.15) is 12.1 Å². The highest BCUT2D eigenvalue weighted by molar-refractivity contribution is 5.82. The van der Waals surface area contributed by atoms with E-state index in [1.165, 1.54) is 0 Å². The molecule has 7 nitrogen and oxygen atoms in total. The lowest BCUT2D eigenvalue weighted by atomic mass is 10.1. The molecule has 7 heteroatoms. The largest absolute Gasteiger partial charge is 0.375 e. The van der Waals surface area contributed by atoms with E-state index in [2.05, 4.69) is 10.4 Å². The maximum absolute atomic E-state index is 12.7. The summed E-state index contributed by atoms with van der Waals surface area (Å²) in [6, 6.07) is -0.258. The van der Waals surface area contributed by atoms with E-state index in [-0.39, 0.29) is 24.2 Å². The average molecular weight is 294 g/mol. The van der Waals surface area contributed by atoms with Crippen LogP contribution in [-0.4, -0.2) is 65.6 Å². The summed E-state index contributed by atoms with van der Waals surface area (Å²) < 4.78 is 13.1. The Hall–Kier alpha value is -1.44. The van der Waals surface area contributed by atoms with Crippen LogP contribution in [0.5, 0.6) is 0 Å². The lowest BCUT2D eigenvalue weighted by Gasteiger charge is -2.37. The Labute approximate surface area is 124 Å². The van der Waals surface area contributed by atoms with Gasteiger partial charge in [0.05, 0.1) is 32.1 Å². The van der Waals surface area contributed by atoms with Gasteiger partial charge in [-0.15, -0.1) is 0 Å². The van der Waals surface area contributed by atoms with Gasteiger partial charge >= 0.3 is 0 Å². The second-order valence-electron chi connectivity index (χ2n) is 5.60. The summed E-state index contributed by atoms with van der Waals surface area (Å²) in [6.45, 7) is 5.06. The van der Waals surface area contributed by atoms with Crippen molar-refractivity contribution in [2.24, 2.45) is 7.05 Å². The summed E-state index contributed by atoms with van der Waals surface area (Å²) >= 11 is 0. The number of ether oxygens (including phenoxy) is 2. The van der Waals surface area contributed by atoms with Gasteiger partial charge in [0.2, 0.25) is 5.91 Å². The van der Waals surface area contributed by atoms with Crippen LogP contribution in [0.2, 0.25) is 0 Å². The Kier molecular flexibility index (Phi) is 4.23. The number of carbonyl (C=O) groups excluding carboxylic acids is 1. The first kappa shape index (κ1) is 14.5. The van der Waals surface area contributed by atoms with Crippen molar-refractivity contribution in [3.05, 3.63) is 18.0 Å². The summed E-state index contributed by atoms with van der Waals surface area (Å²) in [7, 11) is 1.88. The lowest BCUT2D eigenvalue weighted by molar-refractivity contribution is -0.147. The van der Waals surface area contributed by atoms with Gasteiger partial charge in [-0.25, -0.2) is 0 Å². The molecule has 2 saturated heterocycles. The molecule has 0 saturated carbocycles. The van der Waals surface area contributed by atoms with Crippen molar-refractivity contribution < 1.29 is 14.3 Å². The molecule has 2 aliphatic rings. The van der Waals surface area contributed by atoms with Crippen molar-refractivity contribution in [2.75, 3.05) is 32.8 Å². The first-order chi connectivity index (χ1) is 10.1. The van der Waals surface area contributed by atoms with E-state index in [9.17, 15) is 4.79 Å². The third kappa shape index (κ3) is 3.09. The third-order valence-corrected chi connectivity index (χ3v) is 4.06. The molecule has 1 aromatic rings. The number of hydrogen-bond donors (Lipinski definition) is 1. The van der Waals surface area contributed by atoms with Gasteiger partial charge < -0.3 is 19.7 Å². The molecule has 0 aromatic carbocycles. The van der Waals surface area contributed by atoms with Crippen LogP contribution in [0.1, 0.15) is 18.6 Å². The topological polar surface area (TPSA) is 68.6 Å². The fourth-order valence-corrected chi connectivity index (χ4v) is 2.86. The van der Waals surface area contributed by atoms with E-state index in [1.807, 2.05) is 25.1 Å². The molecule has 0 bridgehead atoms. The Morgan fingerprint density at radius 2 is 2.29 bits per heavy atom. The van der Waals surface area contributed by atoms with Crippen molar-refractivity contribution in [3.63, 3.8) is 0 Å². The smallest absolute Gasteiger partial charge is 0.242 e. The molecule has 1 amide bonds. The average Bonchev–Trinajstić information content (AvgIpc) is 2.94. The second-order valence-corrected chi connectivity index (χ2v) is 5.60. The summed E-state index contributed by atoms with van der Waals surface area (Å²) in [5, 5.41) is 7.42. The normalized spacial score (nSPS) is 30.4. The summed E-state index contributed by atoms with van der Waals surface area (Å²) in [5.74, 6) is 0.0967. The standard InChI is InChI=1S/C14H22N4O3/c1-10-13(15-3-5-20-10)14(19)18-4-6-21-12(9-18)11-7-16-17(2)8-11/h7-8,10,12-13,15H,3-6,9H2,1-2H3/t10-,12?,13+/m1/s1. The van der Waals surface area contributed by atoms with Gasteiger partial charge in [0.25, 0.3) is 0 Å². The van der Waals surface area contributed by atoms with E-state index < -0.39 is 0 Å². The maximum Gasteiger partial charge on any atom is 0.242 e. The molecular formula is C14H22N4O3. The van der Waals surface area contributed by atoms with Gasteiger partial charge in [0.15, 0.2) is 0 Å². The maximum atomic E-state index is 12.7. The Balaban J connectivity index is 1.66. The molecule has 0 spiro atoms. The zero-order chi connectivity index (χ0) is 14.8. The minimum absolute atomic E-state index is 0.0917. The molecule has 2 fully saturated rings. The first-order valence-electron chi connectivity index (χ1n) is 7.39. The third-order valence-electron chi connectivity index (χ3n) is 4.06. The lowest BCUT2D eigenvalue weighted by Crippen LogP contribution is -2.58. The molecule has 2 aliphatic heterocycles. The molecule has 21 heavy (non-hydrogen) atoms. The molecule has 1 N–H and O–H groups in total. The first-order valence-corrected chi connectivity index (χ1v) is 7.39. The van der Waals surface area contributed by atoms with Crippen molar-refractivity contribution in [3.8, 4) is 0 Å². The van der Waals surface area contributed by atoms with Crippen LogP contribution < -0.4 is 5.32 Å². The van der Waals surface area contributed by atoms with Crippen LogP contribution in [0, 0.1) is 0 Å². The number of nitrogens with zero attached hydrogens (tertiary/aromatic N) is 3. The fraction of sp³-hybridized carbons (Fsp3) is 0.714. The molecule has 116 valence electrons. The molecule has 3 heterocycles. The van der Waals surface area contributed by atoms with Gasteiger partial charge in [0, 0.05) is 31.9 Å². The molecule has 3 atom stereocenters. The molecule has 1 aromatic heterocycles. The van der Waals surface area contributed by atoms with Crippen LogP contribution in [0.4, 0.5) is 0 Å². The van der Waals surface area contributed by atoms with Crippen LogP contribution in [0.3, 0.4) is 0 Å². The SMILES string of the molecule is C[C@H]1OCCN[C@@H]1C(=O)N1CCOC(c2cnn(C)c2)C1. The zero-order valence-corrected chi connectivity index (χ0v) is 12.5. The van der Waals surface area contributed by atoms with E-state index in [1.54, 1.807) is 10.9 Å². The predicted octanol–water partition coefficient (Wildman–Crippen LogP) is -0.303. The molecule has 3 rings (SSSR count). The van der Waals surface area contributed by atoms with Crippen molar-refractivity contribution in [1.82, 2.24) is 20.0 Å². The molecule has 0 aliphatic carbocycles. The van der Waals surface area contributed by atoms with Crippen LogP contribution in [-0.2, 0) is 21.3 Å². The van der Waals surface area contributed by atoms with Gasteiger partial charge in [-0.2, -0.15) is 5.10 Å². The number of nitrogens with one attached hydrogen (secondary N) is 1. The number of carbonyl (C=O) groups is 1. The van der Waals surface area contributed by atoms with Crippen molar-refractivity contribution >= 4 is 5.91 Å². The van der Waals surface area contributed by atoms with E-state index in [0.717, 1.165) is 12.1 Å². The summed E-state index contributed by atoms with van der Waals surface area (Å²) in [6.07, 6.45) is 3.54. The van der Waals surface area contributed by atoms with Gasteiger partial charge in [-0.3, -0.25) is 9.48 Å². The number of aromatic nitrogens is 2. The highest BCUT2D eigenvalue weighted by Crippen LogP contribution is 2.22. The Morgan fingerprint density at radius 1 is 1.43 bits per heavy atom. The number of rotatable bonds is 2. The van der Waals surface area contributed by atoms with Gasteiger partial charge in [-0.05, 0) is 6.92 Å². The monoisotopic (exact) mass is 294 g/mol. The van der Waals surface area contributed by atoms with Crippen molar-refractivity contribution in [1.29, 1.82) is 0 Å². The van der Waals surface area contributed by atoms with Crippen molar-refractivity contribution in [2.45, 2.75) is 25.2 Å².